The quantitative estimate of drug-likeness (QED) is 0.351. The van der Waals surface area contributed by atoms with Crippen LogP contribution in [-0.2, 0) is 6.18 Å². The van der Waals surface area contributed by atoms with E-state index in [-0.39, 0.29) is 39.4 Å². The normalized spacial score (nSPS) is 12.5. The van der Waals surface area contributed by atoms with Gasteiger partial charge in [-0.25, -0.2) is 29.0 Å². The predicted molar refractivity (Wildman–Crippen MR) is 122 cm³/mol. The number of anilines is 1. The fourth-order valence-electron chi connectivity index (χ4n) is 4.16. The lowest BCUT2D eigenvalue weighted by atomic mass is 10.1. The smallest absolute Gasteiger partial charge is 0.383 e. The van der Waals surface area contributed by atoms with Gasteiger partial charge in [-0.3, -0.25) is 0 Å². The molecule has 14 heteroatoms. The molecule has 0 saturated carbocycles. The Labute approximate surface area is 206 Å². The number of benzene rings is 1. The van der Waals surface area contributed by atoms with E-state index < -0.39 is 23.9 Å². The van der Waals surface area contributed by atoms with Crippen LogP contribution in [0.25, 0.3) is 27.8 Å². The third-order valence-corrected chi connectivity index (χ3v) is 5.76. The van der Waals surface area contributed by atoms with E-state index in [1.807, 2.05) is 6.92 Å². The van der Waals surface area contributed by atoms with E-state index in [9.17, 15) is 22.8 Å². The highest BCUT2D eigenvalue weighted by atomic mass is 19.4. The molecule has 0 radical (unpaired) electrons. The first-order valence-electron chi connectivity index (χ1n) is 10.9. The molecule has 0 aliphatic rings. The van der Waals surface area contributed by atoms with E-state index in [4.69, 9.17) is 5.73 Å². The van der Waals surface area contributed by atoms with Crippen molar-refractivity contribution in [2.75, 3.05) is 5.73 Å². The van der Waals surface area contributed by atoms with Gasteiger partial charge in [-0.1, -0.05) is 24.3 Å². The van der Waals surface area contributed by atoms with Crippen LogP contribution in [0.5, 0.6) is 0 Å². The van der Waals surface area contributed by atoms with Gasteiger partial charge in [-0.05, 0) is 18.6 Å². The molecule has 5 aromatic rings. The summed E-state index contributed by atoms with van der Waals surface area (Å²) >= 11 is 0. The van der Waals surface area contributed by atoms with Crippen molar-refractivity contribution in [3.63, 3.8) is 0 Å². The van der Waals surface area contributed by atoms with Crippen LogP contribution in [0.4, 0.5) is 23.4 Å². The summed E-state index contributed by atoms with van der Waals surface area (Å²) in [7, 11) is 0. The molecule has 186 valence electrons. The highest BCUT2D eigenvalue weighted by Crippen LogP contribution is 2.40. The Kier molecular flexibility index (Phi) is 5.75. The largest absolute Gasteiger partial charge is 0.451 e. The lowest BCUT2D eigenvalue weighted by Crippen LogP contribution is -2.13. The molecule has 0 bridgehead atoms. The Hall–Kier alpha value is -4.93. The number of para-hydroxylation sites is 1. The molecule has 4 aromatic heterocycles. The molecular weight excluding hydrogens is 492 g/mol. The van der Waals surface area contributed by atoms with Crippen molar-refractivity contribution < 1.29 is 17.6 Å². The first kappa shape index (κ1) is 23.8. The average Bonchev–Trinajstić information content (AvgIpc) is 3.49. The van der Waals surface area contributed by atoms with Crippen LogP contribution in [0, 0.1) is 17.1 Å². The van der Waals surface area contributed by atoms with Crippen molar-refractivity contribution in [2.45, 2.75) is 25.6 Å². The maximum Gasteiger partial charge on any atom is 0.451 e. The molecule has 0 aliphatic carbocycles. The fraction of sp³-hybridized carbons (Fsp3) is 0.174. The standard InChI is InChI=1S/C23H16F4N10/c1-2-15(14-10-36(35-34-14)16-6-4-3-5-13(16)24)37-17(7-28)18(19-20(29)32-11-33-21(19)37)12-8-30-22(31-9-12)23(25,26)27/h3-6,8-11,15H,2H2,1H3,(H2,29,32,33)/t15-/m1/s1. The van der Waals surface area contributed by atoms with Crippen molar-refractivity contribution in [1.82, 2.24) is 39.5 Å². The average molecular weight is 508 g/mol. The third-order valence-electron chi connectivity index (χ3n) is 5.76. The number of fused-ring (bicyclic) bond motifs is 1. The van der Waals surface area contributed by atoms with Crippen molar-refractivity contribution in [3.05, 3.63) is 72.2 Å². The number of nitrogens with two attached hydrogens (primary N) is 1. The van der Waals surface area contributed by atoms with E-state index in [1.165, 1.54) is 29.3 Å². The van der Waals surface area contributed by atoms with Crippen LogP contribution in [-0.4, -0.2) is 39.5 Å². The topological polar surface area (TPSA) is 137 Å². The monoisotopic (exact) mass is 508 g/mol. The minimum Gasteiger partial charge on any atom is -0.383 e. The van der Waals surface area contributed by atoms with Gasteiger partial charge in [0, 0.05) is 23.5 Å². The van der Waals surface area contributed by atoms with Crippen molar-refractivity contribution in [1.29, 1.82) is 5.26 Å². The highest BCUT2D eigenvalue weighted by Gasteiger charge is 2.35. The van der Waals surface area contributed by atoms with E-state index in [1.54, 1.807) is 16.7 Å². The van der Waals surface area contributed by atoms with Gasteiger partial charge in [0.1, 0.15) is 46.8 Å². The number of nitrogens with zero attached hydrogens (tertiary/aromatic N) is 9. The molecule has 10 nitrogen and oxygen atoms in total. The predicted octanol–water partition coefficient (Wildman–Crippen LogP) is 4.08. The number of nitrogen functional groups attached to an aromatic ring is 1. The van der Waals surface area contributed by atoms with E-state index >= 15 is 0 Å². The lowest BCUT2D eigenvalue weighted by Gasteiger charge is -2.16. The van der Waals surface area contributed by atoms with E-state index in [0.717, 1.165) is 12.4 Å². The Balaban J connectivity index is 1.71. The number of aromatic nitrogens is 8. The first-order chi connectivity index (χ1) is 17.7. The van der Waals surface area contributed by atoms with Gasteiger partial charge in [-0.15, -0.1) is 5.10 Å². The van der Waals surface area contributed by atoms with Crippen LogP contribution >= 0.6 is 0 Å². The SMILES string of the molecule is CC[C@H](c1cn(-c2ccccc2F)nn1)n1c(C#N)c(-c2cnc(C(F)(F)F)nc2)c2c(N)ncnc21. The molecule has 2 N–H and O–H groups in total. The first-order valence-corrected chi connectivity index (χ1v) is 10.9. The zero-order valence-corrected chi connectivity index (χ0v) is 19.0. The molecule has 0 aliphatic heterocycles. The highest BCUT2D eigenvalue weighted by molar-refractivity contribution is 6.03. The number of rotatable bonds is 5. The summed E-state index contributed by atoms with van der Waals surface area (Å²) in [5, 5.41) is 18.7. The van der Waals surface area contributed by atoms with Gasteiger partial charge in [0.2, 0.25) is 5.82 Å². The van der Waals surface area contributed by atoms with Gasteiger partial charge >= 0.3 is 6.18 Å². The Morgan fingerprint density at radius 1 is 1.11 bits per heavy atom. The summed E-state index contributed by atoms with van der Waals surface area (Å²) in [5.74, 6) is -1.81. The molecule has 0 spiro atoms. The Morgan fingerprint density at radius 2 is 1.84 bits per heavy atom. The Morgan fingerprint density at radius 3 is 2.49 bits per heavy atom. The Bertz CT molecular complexity index is 1650. The minimum absolute atomic E-state index is 0.0139. The summed E-state index contributed by atoms with van der Waals surface area (Å²) in [6, 6.07) is 7.52. The van der Waals surface area contributed by atoms with Gasteiger partial charge in [0.25, 0.3) is 0 Å². The lowest BCUT2D eigenvalue weighted by molar-refractivity contribution is -0.144. The van der Waals surface area contributed by atoms with Crippen molar-refractivity contribution >= 4 is 16.9 Å². The maximum atomic E-state index is 14.3. The van der Waals surface area contributed by atoms with Gasteiger partial charge in [-0.2, -0.15) is 18.4 Å². The number of hydrogen-bond donors (Lipinski definition) is 1. The van der Waals surface area contributed by atoms with Crippen LogP contribution in [0.2, 0.25) is 0 Å². The minimum atomic E-state index is -4.73. The molecule has 4 heterocycles. The fourth-order valence-corrected chi connectivity index (χ4v) is 4.16. The molecule has 1 aromatic carbocycles. The molecule has 37 heavy (non-hydrogen) atoms. The summed E-state index contributed by atoms with van der Waals surface area (Å²) in [6.07, 6.45) is 0.358. The van der Waals surface area contributed by atoms with E-state index in [2.05, 4.69) is 36.3 Å². The van der Waals surface area contributed by atoms with Crippen molar-refractivity contribution in [3.8, 4) is 22.9 Å². The van der Waals surface area contributed by atoms with E-state index in [0.29, 0.717) is 12.1 Å². The second kappa shape index (κ2) is 8.94. The number of halogens is 4. The van der Waals surface area contributed by atoms with Crippen LogP contribution in [0.1, 0.15) is 36.6 Å². The molecular formula is C23H16F4N10. The van der Waals surface area contributed by atoms with Crippen LogP contribution in [0.3, 0.4) is 0 Å². The summed E-state index contributed by atoms with van der Waals surface area (Å²) in [4.78, 5) is 15.1. The number of alkyl halides is 3. The second-order valence-corrected chi connectivity index (χ2v) is 7.92. The summed E-state index contributed by atoms with van der Waals surface area (Å²) < 4.78 is 56.2. The van der Waals surface area contributed by atoms with Gasteiger partial charge < -0.3 is 10.3 Å². The molecule has 0 amide bonds. The molecule has 0 fully saturated rings. The number of nitriles is 1. The zero-order valence-electron chi connectivity index (χ0n) is 19.0. The van der Waals surface area contributed by atoms with Crippen LogP contribution < -0.4 is 5.73 Å². The second-order valence-electron chi connectivity index (χ2n) is 7.92. The summed E-state index contributed by atoms with van der Waals surface area (Å²) in [5.41, 5.74) is 7.32. The third kappa shape index (κ3) is 3.99. The van der Waals surface area contributed by atoms with Crippen molar-refractivity contribution in [2.24, 2.45) is 0 Å². The molecule has 0 unspecified atom stereocenters. The maximum absolute atomic E-state index is 14.3. The molecule has 0 saturated heterocycles. The van der Waals surface area contributed by atoms with Gasteiger partial charge in [0.15, 0.2) is 0 Å². The molecule has 5 rings (SSSR count). The summed E-state index contributed by atoms with van der Waals surface area (Å²) in [6.45, 7) is 1.84. The van der Waals surface area contributed by atoms with Crippen LogP contribution in [0.15, 0.2) is 49.2 Å². The molecule has 1 atom stereocenters. The zero-order chi connectivity index (χ0) is 26.3. The van der Waals surface area contributed by atoms with Gasteiger partial charge in [0.05, 0.1) is 17.6 Å². The number of hydrogen-bond acceptors (Lipinski definition) is 8.